The summed E-state index contributed by atoms with van der Waals surface area (Å²) in [5.74, 6) is -0.339. The molecule has 0 spiro atoms. The zero-order valence-corrected chi connectivity index (χ0v) is 15.5. The maximum Gasteiger partial charge on any atom is 0.276 e. The van der Waals surface area contributed by atoms with Crippen molar-refractivity contribution in [3.63, 3.8) is 0 Å². The molecule has 2 aromatic carbocycles. The normalized spacial score (nSPS) is 13.9. The summed E-state index contributed by atoms with van der Waals surface area (Å²) in [6.07, 6.45) is 3.56. The minimum atomic E-state index is -0.339. The van der Waals surface area contributed by atoms with Crippen molar-refractivity contribution in [3.8, 4) is 5.69 Å². The number of carbonyl (C=O) groups excluding carboxylic acids is 1. The Morgan fingerprint density at radius 2 is 1.57 bits per heavy atom. The monoisotopic (exact) mass is 374 g/mol. The van der Waals surface area contributed by atoms with Crippen molar-refractivity contribution in [1.82, 2.24) is 9.78 Å². The Kier molecular flexibility index (Phi) is 5.19. The minimum absolute atomic E-state index is 0.192. The highest BCUT2D eigenvalue weighted by atomic mass is 16.2. The third kappa shape index (κ3) is 3.81. The number of nitrogens with zero attached hydrogens (tertiary/aromatic N) is 3. The fraction of sp³-hybridized carbons (Fsp3) is 0.227. The van der Waals surface area contributed by atoms with Gasteiger partial charge in [0, 0.05) is 19.2 Å². The van der Waals surface area contributed by atoms with Crippen molar-refractivity contribution in [3.05, 3.63) is 82.8 Å². The van der Waals surface area contributed by atoms with Crippen LogP contribution in [0.1, 0.15) is 29.8 Å². The van der Waals surface area contributed by atoms with Gasteiger partial charge in [0.2, 0.25) is 0 Å². The van der Waals surface area contributed by atoms with Crippen LogP contribution in [0, 0.1) is 0 Å². The SMILES string of the molecule is O=C(Nc1ccccc1N1CCCCC1)c1ccc(=O)n(-c2ccccc2)n1. The second-order valence-corrected chi connectivity index (χ2v) is 6.82. The molecular formula is C22H22N4O2. The van der Waals surface area contributed by atoms with Crippen LogP contribution < -0.4 is 15.8 Å². The molecule has 1 aromatic heterocycles. The lowest BCUT2D eigenvalue weighted by Crippen LogP contribution is -2.30. The molecule has 0 radical (unpaired) electrons. The van der Waals surface area contributed by atoms with Gasteiger partial charge in [0.15, 0.2) is 0 Å². The van der Waals surface area contributed by atoms with Crippen LogP contribution in [0.5, 0.6) is 0 Å². The fourth-order valence-electron chi connectivity index (χ4n) is 3.46. The van der Waals surface area contributed by atoms with E-state index in [0.29, 0.717) is 5.69 Å². The van der Waals surface area contributed by atoms with E-state index >= 15 is 0 Å². The first-order valence-electron chi connectivity index (χ1n) is 9.53. The van der Waals surface area contributed by atoms with Gasteiger partial charge < -0.3 is 10.2 Å². The van der Waals surface area contributed by atoms with Crippen LogP contribution in [0.4, 0.5) is 11.4 Å². The molecule has 2 heterocycles. The molecule has 1 N–H and O–H groups in total. The van der Waals surface area contributed by atoms with E-state index in [1.54, 1.807) is 12.1 Å². The molecule has 1 amide bonds. The Balaban J connectivity index is 1.61. The van der Waals surface area contributed by atoms with Crippen LogP contribution in [0.25, 0.3) is 5.69 Å². The summed E-state index contributed by atoms with van der Waals surface area (Å²) in [7, 11) is 0. The molecule has 6 nitrogen and oxygen atoms in total. The number of benzene rings is 2. The number of hydrogen-bond donors (Lipinski definition) is 1. The maximum absolute atomic E-state index is 12.8. The highest BCUT2D eigenvalue weighted by molar-refractivity contribution is 6.04. The molecule has 0 saturated carbocycles. The summed E-state index contributed by atoms with van der Waals surface area (Å²) < 4.78 is 1.24. The number of aromatic nitrogens is 2. The van der Waals surface area contributed by atoms with Gasteiger partial charge >= 0.3 is 0 Å². The van der Waals surface area contributed by atoms with Crippen LogP contribution in [0.15, 0.2) is 71.5 Å². The number of anilines is 2. The molecule has 1 aliphatic heterocycles. The lowest BCUT2D eigenvalue weighted by atomic mass is 10.1. The standard InChI is InChI=1S/C22H22N4O2/c27-21-14-13-19(24-26(21)17-9-3-1-4-10-17)22(28)23-18-11-5-6-12-20(18)25-15-7-2-8-16-25/h1,3-6,9-14H,2,7-8,15-16H2,(H,23,28). The summed E-state index contributed by atoms with van der Waals surface area (Å²) in [6, 6.07) is 19.7. The van der Waals surface area contributed by atoms with Crippen molar-refractivity contribution in [2.75, 3.05) is 23.3 Å². The molecule has 1 fully saturated rings. The van der Waals surface area contributed by atoms with Crippen molar-refractivity contribution < 1.29 is 4.79 Å². The van der Waals surface area contributed by atoms with Crippen LogP contribution in [-0.4, -0.2) is 28.8 Å². The maximum atomic E-state index is 12.8. The lowest BCUT2D eigenvalue weighted by Gasteiger charge is -2.30. The van der Waals surface area contributed by atoms with Gasteiger partial charge in [-0.25, -0.2) is 0 Å². The van der Waals surface area contributed by atoms with Gasteiger partial charge in [-0.3, -0.25) is 9.59 Å². The molecule has 4 rings (SSSR count). The summed E-state index contributed by atoms with van der Waals surface area (Å²) in [4.78, 5) is 27.3. The Bertz CT molecular complexity index is 1020. The summed E-state index contributed by atoms with van der Waals surface area (Å²) in [5, 5.41) is 7.22. The zero-order valence-electron chi connectivity index (χ0n) is 15.5. The number of nitrogens with one attached hydrogen (secondary N) is 1. The van der Waals surface area contributed by atoms with Crippen molar-refractivity contribution in [2.45, 2.75) is 19.3 Å². The van der Waals surface area contributed by atoms with Gasteiger partial charge in [0.25, 0.3) is 11.5 Å². The van der Waals surface area contributed by atoms with E-state index in [2.05, 4.69) is 15.3 Å². The smallest absolute Gasteiger partial charge is 0.276 e. The predicted octanol–water partition coefficient (Wildman–Crippen LogP) is 3.48. The van der Waals surface area contributed by atoms with Crippen molar-refractivity contribution >= 4 is 17.3 Å². The molecule has 6 heteroatoms. The molecule has 1 saturated heterocycles. The van der Waals surface area contributed by atoms with Gasteiger partial charge in [0.1, 0.15) is 5.69 Å². The summed E-state index contributed by atoms with van der Waals surface area (Å²) >= 11 is 0. The Hall–Kier alpha value is -3.41. The number of hydrogen-bond acceptors (Lipinski definition) is 4. The second kappa shape index (κ2) is 8.08. The summed E-state index contributed by atoms with van der Waals surface area (Å²) in [5.41, 5.74) is 2.31. The van der Waals surface area contributed by atoms with Gasteiger partial charge in [-0.05, 0) is 49.6 Å². The Morgan fingerprint density at radius 3 is 2.36 bits per heavy atom. The van der Waals surface area contributed by atoms with Crippen molar-refractivity contribution in [2.24, 2.45) is 0 Å². The molecular weight excluding hydrogens is 352 g/mol. The molecule has 0 unspecified atom stereocenters. The number of piperidine rings is 1. The molecule has 1 aliphatic rings. The highest BCUT2D eigenvalue weighted by Crippen LogP contribution is 2.28. The van der Waals surface area contributed by atoms with E-state index in [0.717, 1.165) is 37.3 Å². The summed E-state index contributed by atoms with van der Waals surface area (Å²) in [6.45, 7) is 1.98. The quantitative estimate of drug-likeness (QED) is 0.759. The van der Waals surface area contributed by atoms with Crippen LogP contribution in [0.2, 0.25) is 0 Å². The minimum Gasteiger partial charge on any atom is -0.370 e. The van der Waals surface area contributed by atoms with Crippen LogP contribution in [-0.2, 0) is 0 Å². The second-order valence-electron chi connectivity index (χ2n) is 6.82. The zero-order chi connectivity index (χ0) is 19.3. The van der Waals surface area contributed by atoms with E-state index in [1.807, 2.05) is 42.5 Å². The average molecular weight is 374 g/mol. The Labute approximate surface area is 163 Å². The molecule has 142 valence electrons. The predicted molar refractivity (Wildman–Crippen MR) is 110 cm³/mol. The topological polar surface area (TPSA) is 67.2 Å². The van der Waals surface area contributed by atoms with Gasteiger partial charge in [-0.15, -0.1) is 0 Å². The van der Waals surface area contributed by atoms with Crippen molar-refractivity contribution in [1.29, 1.82) is 0 Å². The lowest BCUT2D eigenvalue weighted by molar-refractivity contribution is 0.102. The number of rotatable bonds is 4. The van der Waals surface area contributed by atoms with E-state index in [-0.39, 0.29) is 17.2 Å². The first kappa shape index (κ1) is 18.0. The first-order valence-corrected chi connectivity index (χ1v) is 9.53. The molecule has 28 heavy (non-hydrogen) atoms. The van der Waals surface area contributed by atoms with Crippen LogP contribution >= 0.6 is 0 Å². The van der Waals surface area contributed by atoms with Gasteiger partial charge in [-0.2, -0.15) is 9.78 Å². The van der Waals surface area contributed by atoms with E-state index < -0.39 is 0 Å². The number of para-hydroxylation sites is 3. The molecule has 0 aliphatic carbocycles. The first-order chi connectivity index (χ1) is 13.7. The van der Waals surface area contributed by atoms with E-state index in [1.165, 1.54) is 23.2 Å². The molecule has 0 bridgehead atoms. The molecule has 0 atom stereocenters. The Morgan fingerprint density at radius 1 is 0.857 bits per heavy atom. The average Bonchev–Trinajstić information content (AvgIpc) is 2.75. The van der Waals surface area contributed by atoms with Crippen LogP contribution in [0.3, 0.4) is 0 Å². The number of carbonyl (C=O) groups is 1. The van der Waals surface area contributed by atoms with E-state index in [4.69, 9.17) is 0 Å². The highest BCUT2D eigenvalue weighted by Gasteiger charge is 2.17. The fourth-order valence-corrected chi connectivity index (χ4v) is 3.46. The van der Waals surface area contributed by atoms with Gasteiger partial charge in [0.05, 0.1) is 17.1 Å². The van der Waals surface area contributed by atoms with Gasteiger partial charge in [-0.1, -0.05) is 30.3 Å². The third-order valence-corrected chi connectivity index (χ3v) is 4.88. The molecule has 3 aromatic rings. The third-order valence-electron chi connectivity index (χ3n) is 4.88. The van der Waals surface area contributed by atoms with E-state index in [9.17, 15) is 9.59 Å². The number of amides is 1. The largest absolute Gasteiger partial charge is 0.370 e.